The normalized spacial score (nSPS) is 21.3. The summed E-state index contributed by atoms with van der Waals surface area (Å²) in [5, 5.41) is 0. The molecular formula is C15H26N2O. The fourth-order valence-corrected chi connectivity index (χ4v) is 2.67. The Labute approximate surface area is 110 Å². The van der Waals surface area contributed by atoms with E-state index < -0.39 is 0 Å². The van der Waals surface area contributed by atoms with Crippen LogP contribution in [0.5, 0.6) is 0 Å². The van der Waals surface area contributed by atoms with Crippen molar-refractivity contribution in [3.8, 4) is 0 Å². The SMILES string of the molecule is CCCC(N)c1ccn(CCCC2CCCO2)c1. The molecule has 0 aromatic carbocycles. The first kappa shape index (κ1) is 13.6. The molecule has 0 aliphatic carbocycles. The molecule has 18 heavy (non-hydrogen) atoms. The van der Waals surface area contributed by atoms with E-state index in [0.29, 0.717) is 6.10 Å². The van der Waals surface area contributed by atoms with E-state index >= 15 is 0 Å². The van der Waals surface area contributed by atoms with Crippen LogP contribution in [0.3, 0.4) is 0 Å². The standard InChI is InChI=1S/C15H26N2O/c1-2-5-15(16)13-8-10-17(12-13)9-3-6-14-7-4-11-18-14/h8,10,12,14-15H,2-7,9,11,16H2,1H3. The van der Waals surface area contributed by atoms with Gasteiger partial charge in [-0.15, -0.1) is 0 Å². The molecule has 2 heterocycles. The van der Waals surface area contributed by atoms with Gasteiger partial charge in [-0.05, 0) is 43.7 Å². The maximum atomic E-state index is 6.11. The third-order valence-electron chi connectivity index (χ3n) is 3.77. The molecule has 0 saturated carbocycles. The Morgan fingerprint density at radius 2 is 2.44 bits per heavy atom. The maximum Gasteiger partial charge on any atom is 0.0576 e. The molecule has 2 rings (SSSR count). The van der Waals surface area contributed by atoms with Crippen molar-refractivity contribution in [2.75, 3.05) is 6.61 Å². The van der Waals surface area contributed by atoms with Crippen LogP contribution in [0.4, 0.5) is 0 Å². The number of nitrogens with zero attached hydrogens (tertiary/aromatic N) is 1. The number of nitrogens with two attached hydrogens (primary N) is 1. The van der Waals surface area contributed by atoms with Gasteiger partial charge in [0.15, 0.2) is 0 Å². The van der Waals surface area contributed by atoms with Crippen molar-refractivity contribution < 1.29 is 4.74 Å². The van der Waals surface area contributed by atoms with Crippen LogP contribution < -0.4 is 5.73 Å². The van der Waals surface area contributed by atoms with Gasteiger partial charge in [-0.1, -0.05) is 13.3 Å². The van der Waals surface area contributed by atoms with Gasteiger partial charge in [-0.25, -0.2) is 0 Å². The van der Waals surface area contributed by atoms with Crippen LogP contribution in [0.1, 0.15) is 57.1 Å². The molecule has 0 spiro atoms. The topological polar surface area (TPSA) is 40.2 Å². The molecule has 1 aromatic rings. The van der Waals surface area contributed by atoms with Crippen molar-refractivity contribution in [3.05, 3.63) is 24.0 Å². The average molecular weight is 250 g/mol. The third-order valence-corrected chi connectivity index (χ3v) is 3.77. The molecule has 0 radical (unpaired) electrons. The zero-order valence-electron chi connectivity index (χ0n) is 11.5. The van der Waals surface area contributed by atoms with Crippen LogP contribution in [-0.2, 0) is 11.3 Å². The number of aryl methyl sites for hydroxylation is 1. The van der Waals surface area contributed by atoms with E-state index in [1.54, 1.807) is 0 Å². The van der Waals surface area contributed by atoms with Gasteiger partial charge < -0.3 is 15.0 Å². The number of rotatable bonds is 7. The predicted octanol–water partition coefficient (Wildman–Crippen LogP) is 3.25. The summed E-state index contributed by atoms with van der Waals surface area (Å²) in [4.78, 5) is 0. The summed E-state index contributed by atoms with van der Waals surface area (Å²) in [6, 6.07) is 2.36. The summed E-state index contributed by atoms with van der Waals surface area (Å²) < 4.78 is 7.90. The molecule has 0 bridgehead atoms. The van der Waals surface area contributed by atoms with Gasteiger partial charge in [-0.2, -0.15) is 0 Å². The van der Waals surface area contributed by atoms with Crippen LogP contribution in [0.2, 0.25) is 0 Å². The van der Waals surface area contributed by atoms with Gasteiger partial charge in [-0.3, -0.25) is 0 Å². The van der Waals surface area contributed by atoms with Gasteiger partial charge in [0.1, 0.15) is 0 Å². The second-order valence-electron chi connectivity index (χ2n) is 5.36. The Morgan fingerprint density at radius 1 is 1.56 bits per heavy atom. The van der Waals surface area contributed by atoms with Gasteiger partial charge in [0.05, 0.1) is 6.10 Å². The molecule has 102 valence electrons. The van der Waals surface area contributed by atoms with E-state index in [-0.39, 0.29) is 6.04 Å². The number of ether oxygens (including phenoxy) is 1. The lowest BCUT2D eigenvalue weighted by Crippen LogP contribution is -2.09. The summed E-state index contributed by atoms with van der Waals surface area (Å²) in [7, 11) is 0. The highest BCUT2D eigenvalue weighted by atomic mass is 16.5. The Kier molecular flexibility index (Phi) is 5.26. The fraction of sp³-hybridized carbons (Fsp3) is 0.733. The Hall–Kier alpha value is -0.800. The first-order valence-corrected chi connectivity index (χ1v) is 7.32. The summed E-state index contributed by atoms with van der Waals surface area (Å²) in [6.07, 6.45) is 12.0. The van der Waals surface area contributed by atoms with Crippen molar-refractivity contribution in [3.63, 3.8) is 0 Å². The zero-order chi connectivity index (χ0) is 12.8. The molecule has 3 nitrogen and oxygen atoms in total. The van der Waals surface area contributed by atoms with Crippen molar-refractivity contribution in [2.24, 2.45) is 5.73 Å². The van der Waals surface area contributed by atoms with Crippen molar-refractivity contribution >= 4 is 0 Å². The van der Waals surface area contributed by atoms with Crippen LogP contribution in [-0.4, -0.2) is 17.3 Å². The first-order valence-electron chi connectivity index (χ1n) is 7.32. The van der Waals surface area contributed by atoms with E-state index in [1.165, 1.54) is 31.2 Å². The highest BCUT2D eigenvalue weighted by Gasteiger charge is 2.14. The molecule has 1 saturated heterocycles. The van der Waals surface area contributed by atoms with Gasteiger partial charge in [0, 0.05) is 31.6 Å². The minimum absolute atomic E-state index is 0.203. The van der Waals surface area contributed by atoms with Gasteiger partial charge in [0.2, 0.25) is 0 Å². The van der Waals surface area contributed by atoms with E-state index in [9.17, 15) is 0 Å². The van der Waals surface area contributed by atoms with Gasteiger partial charge in [0.25, 0.3) is 0 Å². The maximum absolute atomic E-state index is 6.11. The predicted molar refractivity (Wildman–Crippen MR) is 74.5 cm³/mol. The minimum atomic E-state index is 0.203. The lowest BCUT2D eigenvalue weighted by molar-refractivity contribution is 0.101. The molecule has 1 fully saturated rings. The second-order valence-corrected chi connectivity index (χ2v) is 5.36. The number of hydrogen-bond acceptors (Lipinski definition) is 2. The summed E-state index contributed by atoms with van der Waals surface area (Å²) in [5.41, 5.74) is 7.39. The van der Waals surface area contributed by atoms with Gasteiger partial charge >= 0.3 is 0 Å². The van der Waals surface area contributed by atoms with Crippen LogP contribution >= 0.6 is 0 Å². The third kappa shape index (κ3) is 3.85. The van der Waals surface area contributed by atoms with E-state index in [0.717, 1.165) is 26.0 Å². The summed E-state index contributed by atoms with van der Waals surface area (Å²) >= 11 is 0. The number of hydrogen-bond donors (Lipinski definition) is 1. The van der Waals surface area contributed by atoms with Crippen molar-refractivity contribution in [1.29, 1.82) is 0 Å². The van der Waals surface area contributed by atoms with Crippen LogP contribution in [0.25, 0.3) is 0 Å². The van der Waals surface area contributed by atoms with E-state index in [2.05, 4.69) is 30.0 Å². The molecular weight excluding hydrogens is 224 g/mol. The lowest BCUT2D eigenvalue weighted by Gasteiger charge is -2.10. The Morgan fingerprint density at radius 3 is 3.17 bits per heavy atom. The molecule has 0 amide bonds. The highest BCUT2D eigenvalue weighted by molar-refractivity contribution is 5.14. The van der Waals surface area contributed by atoms with E-state index in [4.69, 9.17) is 10.5 Å². The summed E-state index contributed by atoms with van der Waals surface area (Å²) in [5.74, 6) is 0. The number of aromatic nitrogens is 1. The summed E-state index contributed by atoms with van der Waals surface area (Å²) in [6.45, 7) is 4.22. The zero-order valence-corrected chi connectivity index (χ0v) is 11.5. The fourth-order valence-electron chi connectivity index (χ4n) is 2.67. The molecule has 3 heteroatoms. The molecule has 1 aliphatic rings. The highest BCUT2D eigenvalue weighted by Crippen LogP contribution is 2.19. The second kappa shape index (κ2) is 6.95. The quantitative estimate of drug-likeness (QED) is 0.807. The molecule has 2 unspecified atom stereocenters. The Bertz CT molecular complexity index is 342. The smallest absolute Gasteiger partial charge is 0.0576 e. The Balaban J connectivity index is 1.72. The lowest BCUT2D eigenvalue weighted by atomic mass is 10.1. The van der Waals surface area contributed by atoms with Crippen LogP contribution in [0.15, 0.2) is 18.5 Å². The molecule has 1 aromatic heterocycles. The first-order chi connectivity index (χ1) is 8.79. The monoisotopic (exact) mass is 250 g/mol. The molecule has 2 N–H and O–H groups in total. The van der Waals surface area contributed by atoms with Crippen LogP contribution in [0, 0.1) is 0 Å². The van der Waals surface area contributed by atoms with Crippen molar-refractivity contribution in [1.82, 2.24) is 4.57 Å². The minimum Gasteiger partial charge on any atom is -0.378 e. The average Bonchev–Trinajstić information content (AvgIpc) is 3.00. The largest absolute Gasteiger partial charge is 0.378 e. The van der Waals surface area contributed by atoms with E-state index in [1.807, 2.05) is 0 Å². The molecule has 1 aliphatic heterocycles. The molecule has 2 atom stereocenters. The van der Waals surface area contributed by atoms with Crippen molar-refractivity contribution in [2.45, 2.75) is 64.1 Å².